The molecule has 5 nitrogen and oxygen atoms in total. The van der Waals surface area contributed by atoms with Crippen molar-refractivity contribution in [2.24, 2.45) is 0 Å². The minimum Gasteiger partial charge on any atom is -0.406 e. The highest BCUT2D eigenvalue weighted by Gasteiger charge is 2.32. The Morgan fingerprint density at radius 1 is 1.00 bits per heavy atom. The number of nitrogens with zero attached hydrogens (tertiary/aromatic N) is 2. The van der Waals surface area contributed by atoms with E-state index in [1.54, 1.807) is 18.2 Å². The molecule has 4 rings (SSSR count). The van der Waals surface area contributed by atoms with Gasteiger partial charge in [-0.05, 0) is 66.3 Å². The fourth-order valence-corrected chi connectivity index (χ4v) is 5.60. The number of ether oxygens (including phenoxy) is 1. The van der Waals surface area contributed by atoms with Crippen LogP contribution in [0.3, 0.4) is 0 Å². The van der Waals surface area contributed by atoms with Crippen molar-refractivity contribution in [3.63, 3.8) is 0 Å². The van der Waals surface area contributed by atoms with Gasteiger partial charge in [-0.1, -0.05) is 13.0 Å². The molecule has 0 N–H and O–H groups in total. The smallest absolute Gasteiger partial charge is 0.406 e. The molecule has 2 aromatic carbocycles. The lowest BCUT2D eigenvalue weighted by Gasteiger charge is -2.35. The standard InChI is InChI=1S/C21H23F3N2O3S/c1-15-2-3-16-4-9-19(14-20(15)16)30(27,28)26-12-10-25(11-13-26)17-5-7-18(8-6-17)29-21(22,23)24/h4-9,14-15H,2-3,10-13H2,1H3. The Balaban J connectivity index is 1.42. The Morgan fingerprint density at radius 3 is 2.30 bits per heavy atom. The number of aryl methyl sites for hydroxylation is 1. The first kappa shape index (κ1) is 21.0. The maximum absolute atomic E-state index is 13.1. The van der Waals surface area contributed by atoms with Gasteiger partial charge in [0.2, 0.25) is 10.0 Å². The van der Waals surface area contributed by atoms with Crippen LogP contribution < -0.4 is 9.64 Å². The van der Waals surface area contributed by atoms with E-state index in [0.29, 0.717) is 37.0 Å². The van der Waals surface area contributed by atoms with E-state index >= 15 is 0 Å². The zero-order valence-corrected chi connectivity index (χ0v) is 17.3. The summed E-state index contributed by atoms with van der Waals surface area (Å²) in [7, 11) is -3.58. The molecule has 1 fully saturated rings. The van der Waals surface area contributed by atoms with Crippen LogP contribution in [0.5, 0.6) is 5.75 Å². The molecule has 1 aliphatic heterocycles. The lowest BCUT2D eigenvalue weighted by Crippen LogP contribution is -2.48. The summed E-state index contributed by atoms with van der Waals surface area (Å²) in [5.74, 6) is 0.0922. The number of hydrogen-bond donors (Lipinski definition) is 0. The van der Waals surface area contributed by atoms with E-state index in [0.717, 1.165) is 24.1 Å². The van der Waals surface area contributed by atoms with Gasteiger partial charge in [0, 0.05) is 31.9 Å². The summed E-state index contributed by atoms with van der Waals surface area (Å²) in [5.41, 5.74) is 3.08. The van der Waals surface area contributed by atoms with E-state index < -0.39 is 16.4 Å². The van der Waals surface area contributed by atoms with Crippen LogP contribution in [0.1, 0.15) is 30.4 Å². The number of sulfonamides is 1. The van der Waals surface area contributed by atoms with Gasteiger partial charge >= 0.3 is 6.36 Å². The lowest BCUT2D eigenvalue weighted by atomic mass is 10.0. The number of fused-ring (bicyclic) bond motifs is 1. The average molecular weight is 440 g/mol. The maximum Gasteiger partial charge on any atom is 0.573 e. The second kappa shape index (κ2) is 7.77. The summed E-state index contributed by atoms with van der Waals surface area (Å²) in [6.07, 6.45) is -2.69. The predicted molar refractivity (Wildman–Crippen MR) is 107 cm³/mol. The molecule has 0 amide bonds. The van der Waals surface area contributed by atoms with Gasteiger partial charge in [0.25, 0.3) is 0 Å². The maximum atomic E-state index is 13.1. The molecule has 1 saturated heterocycles. The van der Waals surface area contributed by atoms with Crippen LogP contribution in [-0.4, -0.2) is 45.3 Å². The fraction of sp³-hybridized carbons (Fsp3) is 0.429. The van der Waals surface area contributed by atoms with Gasteiger partial charge in [-0.3, -0.25) is 0 Å². The minimum absolute atomic E-state index is 0.279. The van der Waals surface area contributed by atoms with Crippen LogP contribution >= 0.6 is 0 Å². The Labute approximate surface area is 174 Å². The summed E-state index contributed by atoms with van der Waals surface area (Å²) in [6.45, 7) is 3.66. The van der Waals surface area contributed by atoms with Gasteiger partial charge in [0.1, 0.15) is 5.75 Å². The molecule has 0 radical (unpaired) electrons. The molecule has 162 valence electrons. The molecule has 1 aliphatic carbocycles. The first-order valence-corrected chi connectivity index (χ1v) is 11.3. The number of alkyl halides is 3. The average Bonchev–Trinajstić information content (AvgIpc) is 3.08. The molecule has 9 heteroatoms. The van der Waals surface area contributed by atoms with Crippen LogP contribution in [-0.2, 0) is 16.4 Å². The molecule has 2 aromatic rings. The molecular weight excluding hydrogens is 417 g/mol. The van der Waals surface area contributed by atoms with Gasteiger partial charge in [-0.25, -0.2) is 8.42 Å². The van der Waals surface area contributed by atoms with Crippen molar-refractivity contribution in [1.82, 2.24) is 4.31 Å². The van der Waals surface area contributed by atoms with Gasteiger partial charge in [-0.15, -0.1) is 13.2 Å². The summed E-state index contributed by atoms with van der Waals surface area (Å²) in [4.78, 5) is 2.28. The molecule has 1 heterocycles. The molecule has 2 aliphatic rings. The molecule has 0 aromatic heterocycles. The van der Waals surface area contributed by atoms with Crippen molar-refractivity contribution in [1.29, 1.82) is 0 Å². The van der Waals surface area contributed by atoms with Crippen molar-refractivity contribution in [2.75, 3.05) is 31.1 Å². The van der Waals surface area contributed by atoms with E-state index in [2.05, 4.69) is 11.7 Å². The number of piperazine rings is 1. The van der Waals surface area contributed by atoms with Crippen LogP contribution in [0.15, 0.2) is 47.4 Å². The van der Waals surface area contributed by atoms with Crippen molar-refractivity contribution in [3.05, 3.63) is 53.6 Å². The molecule has 0 bridgehead atoms. The SMILES string of the molecule is CC1CCc2ccc(S(=O)(=O)N3CCN(c4ccc(OC(F)(F)F)cc4)CC3)cc21. The number of halogens is 3. The van der Waals surface area contributed by atoms with E-state index in [1.807, 2.05) is 17.0 Å². The first-order valence-electron chi connectivity index (χ1n) is 9.87. The fourth-order valence-electron chi connectivity index (χ4n) is 4.14. The van der Waals surface area contributed by atoms with Crippen molar-refractivity contribution < 1.29 is 26.3 Å². The highest BCUT2D eigenvalue weighted by atomic mass is 32.2. The zero-order chi connectivity index (χ0) is 21.5. The van der Waals surface area contributed by atoms with Crippen LogP contribution in [0, 0.1) is 0 Å². The van der Waals surface area contributed by atoms with Crippen LogP contribution in [0.25, 0.3) is 0 Å². The van der Waals surface area contributed by atoms with E-state index in [-0.39, 0.29) is 5.75 Å². The van der Waals surface area contributed by atoms with E-state index in [9.17, 15) is 21.6 Å². The quantitative estimate of drug-likeness (QED) is 0.717. The molecular formula is C21H23F3N2O3S. The van der Waals surface area contributed by atoms with Crippen molar-refractivity contribution >= 4 is 15.7 Å². The second-order valence-electron chi connectivity index (χ2n) is 7.73. The molecule has 0 spiro atoms. The summed E-state index contributed by atoms with van der Waals surface area (Å²) < 4.78 is 68.4. The van der Waals surface area contributed by atoms with E-state index in [1.165, 1.54) is 22.0 Å². The number of hydrogen-bond acceptors (Lipinski definition) is 4. The van der Waals surface area contributed by atoms with Crippen molar-refractivity contribution in [3.8, 4) is 5.75 Å². The normalized spacial score (nSPS) is 20.3. The number of benzene rings is 2. The third-order valence-corrected chi connectivity index (χ3v) is 7.70. The minimum atomic E-state index is -4.73. The highest BCUT2D eigenvalue weighted by Crippen LogP contribution is 2.35. The Morgan fingerprint density at radius 2 is 1.67 bits per heavy atom. The third kappa shape index (κ3) is 4.27. The summed E-state index contributed by atoms with van der Waals surface area (Å²) in [5, 5.41) is 0. The third-order valence-electron chi connectivity index (χ3n) is 5.81. The van der Waals surface area contributed by atoms with E-state index in [4.69, 9.17) is 0 Å². The highest BCUT2D eigenvalue weighted by molar-refractivity contribution is 7.89. The Hall–Kier alpha value is -2.26. The Kier molecular flexibility index (Phi) is 5.44. The summed E-state index contributed by atoms with van der Waals surface area (Å²) in [6, 6.07) is 11.0. The van der Waals surface area contributed by atoms with Gasteiger partial charge in [-0.2, -0.15) is 4.31 Å². The lowest BCUT2D eigenvalue weighted by molar-refractivity contribution is -0.274. The topological polar surface area (TPSA) is 49.9 Å². The monoisotopic (exact) mass is 440 g/mol. The number of anilines is 1. The molecule has 1 unspecified atom stereocenters. The molecule has 1 atom stereocenters. The second-order valence-corrected chi connectivity index (χ2v) is 9.67. The summed E-state index contributed by atoms with van der Waals surface area (Å²) >= 11 is 0. The zero-order valence-electron chi connectivity index (χ0n) is 16.5. The largest absolute Gasteiger partial charge is 0.573 e. The Bertz CT molecular complexity index is 1010. The van der Waals surface area contributed by atoms with Crippen molar-refractivity contribution in [2.45, 2.75) is 36.9 Å². The predicted octanol–water partition coefficient (Wildman–Crippen LogP) is 4.15. The van der Waals surface area contributed by atoms with Gasteiger partial charge in [0.15, 0.2) is 0 Å². The van der Waals surface area contributed by atoms with Gasteiger partial charge in [0.05, 0.1) is 4.90 Å². The van der Waals surface area contributed by atoms with Crippen LogP contribution in [0.2, 0.25) is 0 Å². The number of rotatable bonds is 4. The van der Waals surface area contributed by atoms with Crippen LogP contribution in [0.4, 0.5) is 18.9 Å². The first-order chi connectivity index (χ1) is 14.1. The van der Waals surface area contributed by atoms with Gasteiger partial charge < -0.3 is 9.64 Å². The molecule has 0 saturated carbocycles. The molecule has 30 heavy (non-hydrogen) atoms.